The Morgan fingerprint density at radius 2 is 1.75 bits per heavy atom. The van der Waals surface area contributed by atoms with Crippen molar-refractivity contribution in [2.75, 3.05) is 26.2 Å². The number of nitrogens with zero attached hydrogens (tertiary/aromatic N) is 2. The lowest BCUT2D eigenvalue weighted by atomic mass is 9.74. The van der Waals surface area contributed by atoms with Crippen LogP contribution in [0.3, 0.4) is 0 Å². The summed E-state index contributed by atoms with van der Waals surface area (Å²) >= 11 is 0. The predicted molar refractivity (Wildman–Crippen MR) is 124 cm³/mol. The number of benzene rings is 2. The molecule has 4 rings (SSSR count). The van der Waals surface area contributed by atoms with E-state index >= 15 is 0 Å². The third-order valence-corrected chi connectivity index (χ3v) is 8.31. The van der Waals surface area contributed by atoms with E-state index in [9.17, 15) is 18.6 Å². The maximum Gasteiger partial charge on any atom is 0.243 e. The highest BCUT2D eigenvalue weighted by Crippen LogP contribution is 2.42. The third kappa shape index (κ3) is 4.61. The Morgan fingerprint density at radius 3 is 2.41 bits per heavy atom. The van der Waals surface area contributed by atoms with Crippen molar-refractivity contribution < 1.29 is 18.6 Å². The van der Waals surface area contributed by atoms with E-state index in [0.29, 0.717) is 18.0 Å². The molecule has 2 N–H and O–H groups in total. The fourth-order valence-electron chi connectivity index (χ4n) is 4.85. The summed E-state index contributed by atoms with van der Waals surface area (Å²) in [5.41, 5.74) is 1.89. The quantitative estimate of drug-likeness (QED) is 0.691. The van der Waals surface area contributed by atoms with Crippen molar-refractivity contribution >= 4 is 10.0 Å². The van der Waals surface area contributed by atoms with Crippen LogP contribution < -0.4 is 0 Å². The summed E-state index contributed by atoms with van der Waals surface area (Å²) < 4.78 is 28.2. The molecular weight excluding hydrogens is 424 g/mol. The molecule has 0 unspecified atom stereocenters. The molecule has 170 valence electrons. The van der Waals surface area contributed by atoms with Gasteiger partial charge in [-0.1, -0.05) is 42.2 Å². The Bertz CT molecular complexity index is 1070. The van der Waals surface area contributed by atoms with Gasteiger partial charge in [0.1, 0.15) is 6.10 Å². The Morgan fingerprint density at radius 1 is 1.06 bits per heavy atom. The molecule has 2 saturated heterocycles. The van der Waals surface area contributed by atoms with E-state index in [2.05, 4.69) is 16.7 Å². The average Bonchev–Trinajstić information content (AvgIpc) is 2.78. The van der Waals surface area contributed by atoms with E-state index in [-0.39, 0.29) is 24.6 Å². The molecule has 7 heteroatoms. The number of hydrogen-bond donors (Lipinski definition) is 2. The summed E-state index contributed by atoms with van der Waals surface area (Å²) in [4.78, 5) is 2.58. The van der Waals surface area contributed by atoms with Crippen molar-refractivity contribution in [2.24, 2.45) is 0 Å². The van der Waals surface area contributed by atoms with Crippen LogP contribution in [0.25, 0.3) is 0 Å². The molecule has 0 spiro atoms. The van der Waals surface area contributed by atoms with Gasteiger partial charge in [0.05, 0.1) is 11.5 Å². The lowest BCUT2D eigenvalue weighted by molar-refractivity contribution is -0.0553. The number of hydrogen-bond acceptors (Lipinski definition) is 5. The van der Waals surface area contributed by atoms with Crippen molar-refractivity contribution in [3.05, 3.63) is 65.7 Å². The van der Waals surface area contributed by atoms with E-state index in [1.54, 1.807) is 35.5 Å². The topological polar surface area (TPSA) is 81.1 Å². The van der Waals surface area contributed by atoms with Crippen LogP contribution in [-0.4, -0.2) is 72.3 Å². The van der Waals surface area contributed by atoms with E-state index < -0.39 is 16.1 Å². The summed E-state index contributed by atoms with van der Waals surface area (Å²) in [5, 5.41) is 19.5. The fraction of sp³-hybridized carbons (Fsp3) is 0.440. The maximum atomic E-state index is 13.3. The van der Waals surface area contributed by atoms with Gasteiger partial charge < -0.3 is 10.2 Å². The summed E-state index contributed by atoms with van der Waals surface area (Å²) in [5.74, 6) is 5.73. The first-order valence-electron chi connectivity index (χ1n) is 11.1. The first kappa shape index (κ1) is 23.0. The highest BCUT2D eigenvalue weighted by Gasteiger charge is 2.50. The second-order valence-electron chi connectivity index (χ2n) is 8.53. The molecule has 0 aromatic heterocycles. The molecule has 0 amide bonds. The van der Waals surface area contributed by atoms with Crippen LogP contribution in [0.2, 0.25) is 0 Å². The Kier molecular flexibility index (Phi) is 6.99. The van der Waals surface area contributed by atoms with E-state index in [1.807, 2.05) is 30.3 Å². The number of rotatable bonds is 4. The van der Waals surface area contributed by atoms with E-state index in [4.69, 9.17) is 0 Å². The van der Waals surface area contributed by atoms with Gasteiger partial charge in [-0.25, -0.2) is 8.42 Å². The van der Waals surface area contributed by atoms with E-state index in [0.717, 1.165) is 30.5 Å². The number of aliphatic hydroxyl groups excluding tert-OH is 2. The summed E-state index contributed by atoms with van der Waals surface area (Å²) in [7, 11) is -3.57. The van der Waals surface area contributed by atoms with Crippen LogP contribution in [0.1, 0.15) is 36.8 Å². The lowest BCUT2D eigenvalue weighted by Gasteiger charge is -2.57. The Balaban J connectivity index is 1.60. The Hall–Kier alpha value is -2.21. The van der Waals surface area contributed by atoms with Gasteiger partial charge in [0.15, 0.2) is 0 Å². The highest BCUT2D eigenvalue weighted by molar-refractivity contribution is 7.89. The zero-order chi connectivity index (χ0) is 22.7. The van der Waals surface area contributed by atoms with Gasteiger partial charge in [-0.15, -0.1) is 0 Å². The summed E-state index contributed by atoms with van der Waals surface area (Å²) in [6, 6.07) is 16.5. The van der Waals surface area contributed by atoms with Crippen LogP contribution in [0.4, 0.5) is 0 Å². The number of fused-ring (bicyclic) bond motifs is 1. The van der Waals surface area contributed by atoms with Gasteiger partial charge in [0, 0.05) is 36.7 Å². The lowest BCUT2D eigenvalue weighted by Crippen LogP contribution is -2.67. The summed E-state index contributed by atoms with van der Waals surface area (Å²) in [6.45, 7) is 3.44. The van der Waals surface area contributed by atoms with Crippen LogP contribution in [-0.2, 0) is 10.0 Å². The molecule has 4 atom stereocenters. The molecule has 2 fully saturated rings. The van der Waals surface area contributed by atoms with E-state index in [1.165, 1.54) is 0 Å². The molecule has 2 aliphatic rings. The second kappa shape index (κ2) is 9.74. The molecule has 2 aromatic rings. The highest BCUT2D eigenvalue weighted by atomic mass is 32.2. The van der Waals surface area contributed by atoms with Crippen molar-refractivity contribution in [2.45, 2.75) is 48.8 Å². The third-order valence-electron chi connectivity index (χ3n) is 6.43. The minimum atomic E-state index is -3.57. The first-order valence-corrected chi connectivity index (χ1v) is 12.6. The molecule has 2 heterocycles. The smallest absolute Gasteiger partial charge is 0.243 e. The second-order valence-corrected chi connectivity index (χ2v) is 10.5. The van der Waals surface area contributed by atoms with Crippen LogP contribution in [0.15, 0.2) is 59.5 Å². The average molecular weight is 455 g/mol. The minimum absolute atomic E-state index is 0.0142. The molecule has 2 aromatic carbocycles. The summed E-state index contributed by atoms with van der Waals surface area (Å²) in [6.07, 6.45) is 1.02. The molecule has 2 aliphatic heterocycles. The monoisotopic (exact) mass is 454 g/mol. The minimum Gasteiger partial charge on any atom is -0.395 e. The fourth-order valence-corrected chi connectivity index (χ4v) is 6.36. The van der Waals surface area contributed by atoms with Crippen LogP contribution in [0.5, 0.6) is 0 Å². The predicted octanol–water partition coefficient (Wildman–Crippen LogP) is 2.03. The first-order chi connectivity index (χ1) is 15.4. The normalized spacial score (nSPS) is 25.4. The SMILES string of the molecule is C[C@@H](O)C#Cc1ccc([C@H]2[C@H]3CN(S(=O)(=O)c4ccccc4)CCCCN3[C@H]2CO)cc1. The molecule has 0 radical (unpaired) electrons. The molecule has 0 aliphatic carbocycles. The zero-order valence-corrected chi connectivity index (χ0v) is 19.1. The van der Waals surface area contributed by atoms with Crippen LogP contribution in [0, 0.1) is 11.8 Å². The van der Waals surface area contributed by atoms with Crippen molar-refractivity contribution in [1.29, 1.82) is 0 Å². The van der Waals surface area contributed by atoms with Gasteiger partial charge in [-0.2, -0.15) is 4.31 Å². The molecule has 0 bridgehead atoms. The molecule has 32 heavy (non-hydrogen) atoms. The largest absolute Gasteiger partial charge is 0.395 e. The zero-order valence-electron chi connectivity index (χ0n) is 18.3. The van der Waals surface area contributed by atoms with Crippen molar-refractivity contribution in [3.63, 3.8) is 0 Å². The van der Waals surface area contributed by atoms with Gasteiger partial charge in [0.2, 0.25) is 10.0 Å². The van der Waals surface area contributed by atoms with Crippen LogP contribution >= 0.6 is 0 Å². The van der Waals surface area contributed by atoms with Crippen molar-refractivity contribution in [3.8, 4) is 11.8 Å². The van der Waals surface area contributed by atoms with Gasteiger partial charge in [-0.05, 0) is 56.1 Å². The molecular formula is C25H30N2O4S. The standard InChI is InChI=1S/C25H30N2O4S/c1-19(29)9-10-20-11-13-21(14-12-20)25-23-17-26(15-5-6-16-27(23)24(25)18-28)32(30,31)22-7-3-2-4-8-22/h2-4,7-8,11-14,19,23-25,28-29H,5-6,15-18H2,1H3/t19-,23-,24+,25+/m1/s1. The molecule has 0 saturated carbocycles. The van der Waals surface area contributed by atoms with Gasteiger partial charge >= 0.3 is 0 Å². The number of sulfonamides is 1. The maximum absolute atomic E-state index is 13.3. The van der Waals surface area contributed by atoms with Gasteiger partial charge in [-0.3, -0.25) is 4.90 Å². The Labute approximate surface area is 190 Å². The number of aliphatic hydroxyl groups is 2. The van der Waals surface area contributed by atoms with Gasteiger partial charge in [0.25, 0.3) is 0 Å². The molecule has 6 nitrogen and oxygen atoms in total. The van der Waals surface area contributed by atoms with Crippen molar-refractivity contribution in [1.82, 2.24) is 9.21 Å².